The molecule has 0 radical (unpaired) electrons. The van der Waals surface area contributed by atoms with Crippen molar-refractivity contribution in [3.8, 4) is 11.1 Å². The minimum absolute atomic E-state index is 0.127. The Morgan fingerprint density at radius 3 is 2.65 bits per heavy atom. The largest absolute Gasteiger partial charge is 0.477 e. The van der Waals surface area contributed by atoms with Crippen molar-refractivity contribution in [3.05, 3.63) is 66.1 Å². The predicted molar refractivity (Wildman–Crippen MR) is 156 cm³/mol. The predicted octanol–water partition coefficient (Wildman–Crippen LogP) is -0.333. The van der Waals surface area contributed by atoms with Crippen LogP contribution in [0.1, 0.15) is 6.92 Å². The van der Waals surface area contributed by atoms with E-state index in [9.17, 15) is 29.1 Å². The number of carbonyl (C=O) groups is 5. The summed E-state index contributed by atoms with van der Waals surface area (Å²) in [7, 11) is 0. The molecule has 0 saturated carbocycles. The van der Waals surface area contributed by atoms with E-state index in [4.69, 9.17) is 4.74 Å². The number of cyclic esters (lactones) is 1. The smallest absolute Gasteiger partial charge is 0.414 e. The summed E-state index contributed by atoms with van der Waals surface area (Å²) in [4.78, 5) is 63.5. The number of benzene rings is 1. The summed E-state index contributed by atoms with van der Waals surface area (Å²) in [5.41, 5.74) is 1.54. The van der Waals surface area contributed by atoms with Crippen LogP contribution in [-0.4, -0.2) is 96.4 Å². The van der Waals surface area contributed by atoms with Gasteiger partial charge in [-0.25, -0.2) is 23.2 Å². The quantitative estimate of drug-likeness (QED) is 0.192. The van der Waals surface area contributed by atoms with Crippen molar-refractivity contribution in [2.45, 2.75) is 37.5 Å². The molecule has 3 aliphatic heterocycles. The van der Waals surface area contributed by atoms with Crippen LogP contribution in [-0.2, 0) is 37.0 Å². The number of fused-ring (bicyclic) bond motifs is 1. The van der Waals surface area contributed by atoms with Crippen molar-refractivity contribution >= 4 is 47.2 Å². The van der Waals surface area contributed by atoms with Gasteiger partial charge in [0, 0.05) is 35.9 Å². The van der Waals surface area contributed by atoms with Gasteiger partial charge in [0.15, 0.2) is 18.9 Å². The summed E-state index contributed by atoms with van der Waals surface area (Å²) in [6.07, 6.45) is 3.43. The van der Waals surface area contributed by atoms with Crippen LogP contribution in [0.25, 0.3) is 11.1 Å². The lowest BCUT2D eigenvalue weighted by Crippen LogP contribution is -2.71. The third-order valence-electron chi connectivity index (χ3n) is 7.56. The zero-order chi connectivity index (χ0) is 32.5. The highest BCUT2D eigenvalue weighted by atomic mass is 32.2. The third-order valence-corrected chi connectivity index (χ3v) is 8.90. The highest BCUT2D eigenvalue weighted by Crippen LogP contribution is 2.40. The molecule has 1 unspecified atom stereocenters. The van der Waals surface area contributed by atoms with Gasteiger partial charge in [0.2, 0.25) is 11.8 Å². The maximum absolute atomic E-state index is 15.2. The van der Waals surface area contributed by atoms with Gasteiger partial charge in [-0.1, -0.05) is 0 Å². The number of halogens is 1. The molecule has 18 heteroatoms. The summed E-state index contributed by atoms with van der Waals surface area (Å²) in [5.74, 6) is -2.76. The Morgan fingerprint density at radius 1 is 1.20 bits per heavy atom. The topological polar surface area (TPSA) is 193 Å². The number of aliphatic carboxylic acids is 1. The molecule has 5 heterocycles. The van der Waals surface area contributed by atoms with Crippen LogP contribution < -0.4 is 20.1 Å². The maximum atomic E-state index is 15.2. The summed E-state index contributed by atoms with van der Waals surface area (Å²) in [6, 6.07) is 6.87. The summed E-state index contributed by atoms with van der Waals surface area (Å²) >= 11 is 1.34. The van der Waals surface area contributed by atoms with Gasteiger partial charge in [0.25, 0.3) is 5.91 Å². The molecule has 2 fully saturated rings. The molecule has 1 aromatic carbocycles. The Morgan fingerprint density at radius 2 is 1.98 bits per heavy atom. The van der Waals surface area contributed by atoms with E-state index in [0.29, 0.717) is 28.1 Å². The molecular formula is C28H27FN9O7S+. The second kappa shape index (κ2) is 12.5. The lowest BCUT2D eigenvalue weighted by atomic mass is 10.0. The fourth-order valence-electron chi connectivity index (χ4n) is 5.39. The number of hydrogen-bond donors (Lipinski definition) is 3. The van der Waals surface area contributed by atoms with Gasteiger partial charge in [0.1, 0.15) is 41.9 Å². The van der Waals surface area contributed by atoms with E-state index in [-0.39, 0.29) is 37.8 Å². The molecule has 46 heavy (non-hydrogen) atoms. The molecule has 0 aliphatic carbocycles. The lowest BCUT2D eigenvalue weighted by molar-refractivity contribution is -0.689. The van der Waals surface area contributed by atoms with E-state index < -0.39 is 47.2 Å². The number of carbonyl (C=O) groups excluding carboxylic acids is 4. The first-order valence-electron chi connectivity index (χ1n) is 14.0. The van der Waals surface area contributed by atoms with E-state index in [1.54, 1.807) is 41.2 Å². The van der Waals surface area contributed by atoms with Gasteiger partial charge in [-0.3, -0.25) is 24.2 Å². The summed E-state index contributed by atoms with van der Waals surface area (Å²) in [5, 5.41) is 25.2. The minimum Gasteiger partial charge on any atom is -0.477 e. The first-order valence-corrected chi connectivity index (χ1v) is 15.1. The van der Waals surface area contributed by atoms with E-state index in [1.807, 2.05) is 0 Å². The SMILES string of the molecule is CC(=O)NC[C@H]1CN(c2ccc(-c3cc[n+](CC4=C(C(=O)O)N5C(=O)[C@@H](NC(=O)Cn6cnnn6)C5SC4)cc3)c(F)c2)C(=O)O1. The molecule has 0 spiro atoms. The number of aromatic nitrogens is 5. The standard InChI is InChI=1S/C28H26FN9O7S/c1-15(39)30-9-19-11-37(28(44)45-19)18-2-3-20(21(29)8-18)16-4-6-35(7-5-16)10-17-13-46-26-23(25(41)38(26)24(17)27(42)43)32-22(40)12-36-14-31-33-34-36/h2-8,14,19,23,26H,9-13H2,1H3,(H2-,30,32,39,40,42,43)/p+1/t19-,23+,26?/m0/s1. The van der Waals surface area contributed by atoms with Gasteiger partial charge in [-0.05, 0) is 34.2 Å². The maximum Gasteiger partial charge on any atom is 0.414 e. The number of ether oxygens (including phenoxy) is 1. The molecule has 238 valence electrons. The number of anilines is 1. The van der Waals surface area contributed by atoms with Crippen LogP contribution in [0.5, 0.6) is 0 Å². The molecule has 2 saturated heterocycles. The molecule has 3 aromatic rings. The Labute approximate surface area is 264 Å². The second-order valence-corrected chi connectivity index (χ2v) is 11.8. The molecule has 3 aliphatic rings. The Balaban J connectivity index is 1.11. The monoisotopic (exact) mass is 652 g/mol. The van der Waals surface area contributed by atoms with Crippen molar-refractivity contribution < 1.29 is 42.8 Å². The second-order valence-electron chi connectivity index (χ2n) is 10.7. The zero-order valence-corrected chi connectivity index (χ0v) is 25.0. The molecule has 3 N–H and O–H groups in total. The Kier molecular flexibility index (Phi) is 8.35. The number of nitrogens with zero attached hydrogens (tertiary/aromatic N) is 7. The van der Waals surface area contributed by atoms with Gasteiger partial charge < -0.3 is 20.5 Å². The van der Waals surface area contributed by atoms with Crippen LogP contribution in [0.4, 0.5) is 14.9 Å². The number of thioether (sulfide) groups is 1. The molecule has 6 rings (SSSR count). The van der Waals surface area contributed by atoms with E-state index in [0.717, 1.165) is 0 Å². The molecule has 3 atom stereocenters. The number of nitrogens with one attached hydrogen (secondary N) is 2. The Hall–Kier alpha value is -5.39. The number of tetrazole rings is 1. The number of carboxylic acid groups (broad SMARTS) is 1. The van der Waals surface area contributed by atoms with Gasteiger partial charge >= 0.3 is 12.1 Å². The van der Waals surface area contributed by atoms with E-state index in [2.05, 4.69) is 26.2 Å². The van der Waals surface area contributed by atoms with Crippen molar-refractivity contribution in [2.24, 2.45) is 0 Å². The van der Waals surface area contributed by atoms with Crippen molar-refractivity contribution in [1.82, 2.24) is 35.7 Å². The number of hydrogen-bond acceptors (Lipinski definition) is 10. The fraction of sp³-hybridized carbons (Fsp3) is 0.321. The molecule has 0 bridgehead atoms. The number of amides is 4. The van der Waals surface area contributed by atoms with Crippen LogP contribution in [0.15, 0.2) is 60.3 Å². The molecule has 4 amide bonds. The normalized spacial score (nSPS) is 20.6. The highest BCUT2D eigenvalue weighted by Gasteiger charge is 2.54. The van der Waals surface area contributed by atoms with Gasteiger partial charge in [-0.2, -0.15) is 0 Å². The zero-order valence-electron chi connectivity index (χ0n) is 24.2. The number of pyridine rings is 1. The average molecular weight is 653 g/mol. The van der Waals surface area contributed by atoms with Crippen molar-refractivity contribution in [2.75, 3.05) is 23.7 Å². The number of carboxylic acids is 1. The average Bonchev–Trinajstić information content (AvgIpc) is 3.68. The van der Waals surface area contributed by atoms with Crippen LogP contribution in [0, 0.1) is 5.82 Å². The van der Waals surface area contributed by atoms with Crippen molar-refractivity contribution in [3.63, 3.8) is 0 Å². The summed E-state index contributed by atoms with van der Waals surface area (Å²) in [6.45, 7) is 1.66. The van der Waals surface area contributed by atoms with Crippen LogP contribution in [0.2, 0.25) is 0 Å². The Bertz CT molecular complexity index is 1750. The molecular weight excluding hydrogens is 625 g/mol. The third kappa shape index (κ3) is 6.10. The van der Waals surface area contributed by atoms with Gasteiger partial charge in [-0.15, -0.1) is 16.9 Å². The highest BCUT2D eigenvalue weighted by molar-refractivity contribution is 8.00. The molecule has 16 nitrogen and oxygen atoms in total. The first-order chi connectivity index (χ1) is 22.1. The van der Waals surface area contributed by atoms with E-state index >= 15 is 4.39 Å². The van der Waals surface area contributed by atoms with Crippen molar-refractivity contribution in [1.29, 1.82) is 0 Å². The van der Waals surface area contributed by atoms with Gasteiger partial charge in [0.05, 0.1) is 18.8 Å². The minimum atomic E-state index is -1.25. The number of β-lactam (4-membered cyclic amide) rings is 1. The van der Waals surface area contributed by atoms with Crippen LogP contribution in [0.3, 0.4) is 0 Å². The molecule has 2 aromatic heterocycles. The summed E-state index contributed by atoms with van der Waals surface area (Å²) < 4.78 is 23.4. The van der Waals surface area contributed by atoms with E-state index in [1.165, 1.54) is 45.6 Å². The van der Waals surface area contributed by atoms with Crippen LogP contribution >= 0.6 is 11.8 Å². The first kappa shape index (κ1) is 30.6. The lowest BCUT2D eigenvalue weighted by Gasteiger charge is -2.49. The number of rotatable bonds is 10. The fourth-order valence-corrected chi connectivity index (χ4v) is 6.72.